The molecule has 0 saturated heterocycles. The minimum atomic E-state index is 0.233. The SMILES string of the molecule is Oc1cccc2c1OCC1(CCC1)CN2. The summed E-state index contributed by atoms with van der Waals surface area (Å²) >= 11 is 0. The number of rotatable bonds is 0. The van der Waals surface area contributed by atoms with Crippen LogP contribution in [0.5, 0.6) is 11.5 Å². The first kappa shape index (κ1) is 8.89. The van der Waals surface area contributed by atoms with E-state index in [4.69, 9.17) is 4.74 Å². The fraction of sp³-hybridized carbons (Fsp3) is 0.500. The predicted molar refractivity (Wildman–Crippen MR) is 58.4 cm³/mol. The van der Waals surface area contributed by atoms with Gasteiger partial charge in [-0.15, -0.1) is 0 Å². The second kappa shape index (κ2) is 3.05. The van der Waals surface area contributed by atoms with Crippen molar-refractivity contribution >= 4 is 5.69 Å². The molecule has 3 heteroatoms. The number of anilines is 1. The molecule has 15 heavy (non-hydrogen) atoms. The quantitative estimate of drug-likeness (QED) is 0.683. The third-order valence-corrected chi connectivity index (χ3v) is 3.58. The van der Waals surface area contributed by atoms with Crippen LogP contribution in [0.3, 0.4) is 0 Å². The number of nitrogens with one attached hydrogen (secondary N) is 1. The molecule has 1 heterocycles. The molecule has 2 aliphatic rings. The van der Waals surface area contributed by atoms with Crippen molar-refractivity contribution in [1.29, 1.82) is 0 Å². The smallest absolute Gasteiger partial charge is 0.184 e. The molecule has 0 aromatic heterocycles. The molecule has 1 saturated carbocycles. The van der Waals surface area contributed by atoms with Gasteiger partial charge in [0.15, 0.2) is 11.5 Å². The first-order valence-electron chi connectivity index (χ1n) is 5.48. The Bertz CT molecular complexity index is 385. The number of benzene rings is 1. The lowest BCUT2D eigenvalue weighted by Crippen LogP contribution is -2.40. The van der Waals surface area contributed by atoms with Crippen molar-refractivity contribution in [2.45, 2.75) is 19.3 Å². The summed E-state index contributed by atoms with van der Waals surface area (Å²) in [4.78, 5) is 0. The highest BCUT2D eigenvalue weighted by atomic mass is 16.5. The lowest BCUT2D eigenvalue weighted by Gasteiger charge is -2.40. The summed E-state index contributed by atoms with van der Waals surface area (Å²) in [6, 6.07) is 5.45. The molecule has 80 valence electrons. The number of aromatic hydroxyl groups is 1. The number of ether oxygens (including phenoxy) is 1. The fourth-order valence-electron chi connectivity index (χ4n) is 2.37. The third kappa shape index (κ3) is 1.34. The van der Waals surface area contributed by atoms with Crippen molar-refractivity contribution in [3.8, 4) is 11.5 Å². The zero-order chi connectivity index (χ0) is 10.3. The summed E-state index contributed by atoms with van der Waals surface area (Å²) in [5, 5.41) is 13.1. The first-order valence-corrected chi connectivity index (χ1v) is 5.48. The molecular weight excluding hydrogens is 190 g/mol. The van der Waals surface area contributed by atoms with Gasteiger partial charge in [0.1, 0.15) is 0 Å². The van der Waals surface area contributed by atoms with Gasteiger partial charge in [-0.25, -0.2) is 0 Å². The molecule has 1 aromatic carbocycles. The highest BCUT2D eigenvalue weighted by molar-refractivity contribution is 5.63. The average Bonchev–Trinajstić information content (AvgIpc) is 2.37. The average molecular weight is 205 g/mol. The largest absolute Gasteiger partial charge is 0.504 e. The summed E-state index contributed by atoms with van der Waals surface area (Å²) in [7, 11) is 0. The van der Waals surface area contributed by atoms with Crippen molar-refractivity contribution in [1.82, 2.24) is 0 Å². The number of para-hydroxylation sites is 1. The van der Waals surface area contributed by atoms with Gasteiger partial charge in [-0.1, -0.05) is 12.5 Å². The van der Waals surface area contributed by atoms with E-state index in [1.54, 1.807) is 6.07 Å². The fourth-order valence-corrected chi connectivity index (χ4v) is 2.37. The number of phenols is 1. The molecule has 0 amide bonds. The van der Waals surface area contributed by atoms with Gasteiger partial charge >= 0.3 is 0 Å². The molecule has 0 bridgehead atoms. The van der Waals surface area contributed by atoms with Crippen molar-refractivity contribution in [2.24, 2.45) is 5.41 Å². The predicted octanol–water partition coefficient (Wildman–Crippen LogP) is 2.37. The lowest BCUT2D eigenvalue weighted by atomic mass is 9.69. The molecule has 1 aliphatic carbocycles. The lowest BCUT2D eigenvalue weighted by molar-refractivity contribution is 0.0752. The van der Waals surface area contributed by atoms with Crippen LogP contribution < -0.4 is 10.1 Å². The van der Waals surface area contributed by atoms with Crippen LogP contribution in [0.4, 0.5) is 5.69 Å². The van der Waals surface area contributed by atoms with Crippen LogP contribution in [0.1, 0.15) is 19.3 Å². The van der Waals surface area contributed by atoms with Crippen molar-refractivity contribution in [3.05, 3.63) is 18.2 Å². The molecule has 1 spiro atoms. The molecule has 1 aromatic rings. The Hall–Kier alpha value is -1.38. The summed E-state index contributed by atoms with van der Waals surface area (Å²) in [6.45, 7) is 1.69. The number of hydrogen-bond acceptors (Lipinski definition) is 3. The second-order valence-corrected chi connectivity index (χ2v) is 4.65. The summed E-state index contributed by atoms with van der Waals surface area (Å²) in [5.74, 6) is 0.845. The van der Waals surface area contributed by atoms with E-state index in [9.17, 15) is 5.11 Å². The van der Waals surface area contributed by atoms with Gasteiger partial charge in [0, 0.05) is 12.0 Å². The molecule has 3 rings (SSSR count). The summed E-state index contributed by atoms with van der Waals surface area (Å²) in [6.07, 6.45) is 3.76. The van der Waals surface area contributed by atoms with Gasteiger partial charge in [0.2, 0.25) is 0 Å². The van der Waals surface area contributed by atoms with Crippen LogP contribution in [0, 0.1) is 5.41 Å². The molecule has 1 fully saturated rings. The summed E-state index contributed by atoms with van der Waals surface area (Å²) < 4.78 is 5.72. The molecule has 0 atom stereocenters. The van der Waals surface area contributed by atoms with Crippen LogP contribution >= 0.6 is 0 Å². The van der Waals surface area contributed by atoms with Crippen LogP contribution in [0.25, 0.3) is 0 Å². The minimum absolute atomic E-state index is 0.233. The van der Waals surface area contributed by atoms with Gasteiger partial charge in [0.25, 0.3) is 0 Å². The molecule has 3 nitrogen and oxygen atoms in total. The van der Waals surface area contributed by atoms with E-state index in [1.807, 2.05) is 12.1 Å². The normalized spacial score (nSPS) is 21.9. The molecular formula is C12H15NO2. The van der Waals surface area contributed by atoms with Gasteiger partial charge in [0.05, 0.1) is 12.3 Å². The Morgan fingerprint density at radius 1 is 1.33 bits per heavy atom. The molecule has 1 aliphatic heterocycles. The molecule has 2 N–H and O–H groups in total. The van der Waals surface area contributed by atoms with Gasteiger partial charge < -0.3 is 15.2 Å². The Morgan fingerprint density at radius 3 is 2.93 bits per heavy atom. The van der Waals surface area contributed by atoms with Crippen LogP contribution in [-0.4, -0.2) is 18.3 Å². The minimum Gasteiger partial charge on any atom is -0.504 e. The van der Waals surface area contributed by atoms with E-state index in [-0.39, 0.29) is 5.75 Å². The maximum absolute atomic E-state index is 9.68. The van der Waals surface area contributed by atoms with E-state index >= 15 is 0 Å². The van der Waals surface area contributed by atoms with E-state index in [0.717, 1.165) is 18.8 Å². The molecule has 0 radical (unpaired) electrons. The zero-order valence-corrected chi connectivity index (χ0v) is 8.62. The monoisotopic (exact) mass is 205 g/mol. The van der Waals surface area contributed by atoms with E-state index in [1.165, 1.54) is 19.3 Å². The highest BCUT2D eigenvalue weighted by Gasteiger charge is 2.39. The second-order valence-electron chi connectivity index (χ2n) is 4.65. The molecule has 0 unspecified atom stereocenters. The zero-order valence-electron chi connectivity index (χ0n) is 8.62. The van der Waals surface area contributed by atoms with Crippen molar-refractivity contribution in [3.63, 3.8) is 0 Å². The van der Waals surface area contributed by atoms with E-state index in [0.29, 0.717) is 11.2 Å². The number of phenolic OH excluding ortho intramolecular Hbond substituents is 1. The Balaban J connectivity index is 1.91. The maximum atomic E-state index is 9.68. The third-order valence-electron chi connectivity index (χ3n) is 3.58. The van der Waals surface area contributed by atoms with Gasteiger partial charge in [-0.05, 0) is 25.0 Å². The highest BCUT2D eigenvalue weighted by Crippen LogP contribution is 2.46. The van der Waals surface area contributed by atoms with E-state index < -0.39 is 0 Å². The Morgan fingerprint density at radius 2 is 2.20 bits per heavy atom. The Kier molecular flexibility index (Phi) is 1.81. The van der Waals surface area contributed by atoms with Gasteiger partial charge in [-0.3, -0.25) is 0 Å². The first-order chi connectivity index (χ1) is 7.29. The standard InChI is InChI=1S/C12H15NO2/c14-10-4-1-3-9-11(10)15-8-12(7-13-9)5-2-6-12/h1,3-4,13-14H,2,5-8H2. The number of fused-ring (bicyclic) bond motifs is 1. The van der Waals surface area contributed by atoms with Crippen molar-refractivity contribution in [2.75, 3.05) is 18.5 Å². The van der Waals surface area contributed by atoms with Gasteiger partial charge in [-0.2, -0.15) is 0 Å². The summed E-state index contributed by atoms with van der Waals surface area (Å²) in [5.41, 5.74) is 1.23. The van der Waals surface area contributed by atoms with Crippen LogP contribution in [0.2, 0.25) is 0 Å². The Labute approximate surface area is 89.1 Å². The van der Waals surface area contributed by atoms with E-state index in [2.05, 4.69) is 5.32 Å². The number of hydrogen-bond donors (Lipinski definition) is 2. The maximum Gasteiger partial charge on any atom is 0.184 e. The van der Waals surface area contributed by atoms with Crippen LogP contribution in [-0.2, 0) is 0 Å². The topological polar surface area (TPSA) is 41.5 Å². The van der Waals surface area contributed by atoms with Crippen molar-refractivity contribution < 1.29 is 9.84 Å². The van der Waals surface area contributed by atoms with Crippen LogP contribution in [0.15, 0.2) is 18.2 Å².